The maximum absolute atomic E-state index is 12.5. The second-order valence-electron chi connectivity index (χ2n) is 13.6. The molecule has 2 unspecified atom stereocenters. The molecule has 1 amide bonds. The SMILES string of the molecule is CCCCCCCCCCCCCCC(O)C(O)[C@H](CO)NC(=O)CCC/C=C\C[C@H]1C(=O)C[C@@H](O)[C@@H]1/C=C/[C@@H](O)CCCCC. The van der Waals surface area contributed by atoms with Gasteiger partial charge in [0.05, 0.1) is 31.0 Å². The third-order valence-corrected chi connectivity index (χ3v) is 9.43. The van der Waals surface area contributed by atoms with Crippen molar-refractivity contribution in [1.29, 1.82) is 0 Å². The number of Topliss-reactive ketones (excluding diaryl/α,β-unsaturated/α-hetero) is 1. The molecule has 0 radical (unpaired) electrons. The van der Waals surface area contributed by atoms with Gasteiger partial charge in [0.1, 0.15) is 11.9 Å². The smallest absolute Gasteiger partial charge is 0.220 e. The molecule has 8 heteroatoms. The number of unbranched alkanes of at least 4 members (excludes halogenated alkanes) is 14. The molecule has 0 aromatic carbocycles. The quantitative estimate of drug-likeness (QED) is 0.0402. The van der Waals surface area contributed by atoms with Gasteiger partial charge >= 0.3 is 0 Å². The van der Waals surface area contributed by atoms with Crippen molar-refractivity contribution in [3.63, 3.8) is 0 Å². The van der Waals surface area contributed by atoms with Gasteiger partial charge < -0.3 is 30.8 Å². The van der Waals surface area contributed by atoms with Crippen LogP contribution in [0.2, 0.25) is 0 Å². The molecule has 0 heterocycles. The molecule has 0 spiro atoms. The summed E-state index contributed by atoms with van der Waals surface area (Å²) in [5.41, 5.74) is 0. The highest BCUT2D eigenvalue weighted by atomic mass is 16.3. The van der Waals surface area contributed by atoms with Gasteiger partial charge in [-0.3, -0.25) is 9.59 Å². The van der Waals surface area contributed by atoms with E-state index in [1.807, 2.05) is 12.2 Å². The third-order valence-electron chi connectivity index (χ3n) is 9.43. The van der Waals surface area contributed by atoms with Gasteiger partial charge in [0, 0.05) is 24.7 Å². The summed E-state index contributed by atoms with van der Waals surface area (Å²) >= 11 is 0. The average molecular weight is 652 g/mol. The van der Waals surface area contributed by atoms with Crippen molar-refractivity contribution in [2.45, 2.75) is 186 Å². The van der Waals surface area contributed by atoms with E-state index in [2.05, 4.69) is 19.2 Å². The zero-order valence-corrected chi connectivity index (χ0v) is 29.2. The first-order valence-corrected chi connectivity index (χ1v) is 18.7. The van der Waals surface area contributed by atoms with Gasteiger partial charge in [0.25, 0.3) is 0 Å². The van der Waals surface area contributed by atoms with Crippen molar-refractivity contribution in [1.82, 2.24) is 5.32 Å². The second-order valence-corrected chi connectivity index (χ2v) is 13.6. The van der Waals surface area contributed by atoms with E-state index in [9.17, 15) is 35.1 Å². The normalized spacial score (nSPS) is 21.3. The lowest BCUT2D eigenvalue weighted by Crippen LogP contribution is -2.50. The van der Waals surface area contributed by atoms with E-state index in [1.54, 1.807) is 12.2 Å². The molecule has 46 heavy (non-hydrogen) atoms. The predicted molar refractivity (Wildman–Crippen MR) is 186 cm³/mol. The van der Waals surface area contributed by atoms with Crippen LogP contribution in [-0.2, 0) is 9.59 Å². The molecule has 0 aromatic rings. The first kappa shape index (κ1) is 42.4. The lowest BCUT2D eigenvalue weighted by atomic mass is 9.90. The van der Waals surface area contributed by atoms with E-state index in [-0.39, 0.29) is 36.4 Å². The minimum atomic E-state index is -1.22. The molecule has 1 fully saturated rings. The summed E-state index contributed by atoms with van der Waals surface area (Å²) in [7, 11) is 0. The Morgan fingerprint density at radius 2 is 1.39 bits per heavy atom. The fourth-order valence-corrected chi connectivity index (χ4v) is 6.38. The molecule has 1 aliphatic rings. The summed E-state index contributed by atoms with van der Waals surface area (Å²) in [5.74, 6) is -0.885. The Morgan fingerprint density at radius 3 is 2.00 bits per heavy atom. The van der Waals surface area contributed by atoms with Gasteiger partial charge in [-0.1, -0.05) is 134 Å². The Bertz CT molecular complexity index is 832. The van der Waals surface area contributed by atoms with Gasteiger partial charge in [-0.15, -0.1) is 0 Å². The lowest BCUT2D eigenvalue weighted by molar-refractivity contribution is -0.124. The van der Waals surface area contributed by atoms with Gasteiger partial charge in [0.2, 0.25) is 5.91 Å². The maximum Gasteiger partial charge on any atom is 0.220 e. The summed E-state index contributed by atoms with van der Waals surface area (Å²) < 4.78 is 0. The Kier molecular flexibility index (Phi) is 25.3. The molecular formula is C38H69NO7. The fourth-order valence-electron chi connectivity index (χ4n) is 6.38. The molecule has 0 saturated heterocycles. The number of hydrogen-bond acceptors (Lipinski definition) is 7. The number of aliphatic hydroxyl groups excluding tert-OH is 5. The molecule has 0 aromatic heterocycles. The van der Waals surface area contributed by atoms with Crippen LogP contribution in [-0.4, -0.2) is 74.3 Å². The molecule has 1 saturated carbocycles. The summed E-state index contributed by atoms with van der Waals surface area (Å²) in [6, 6.07) is -0.912. The standard InChI is InChI=1S/C38H69NO7/c1-3-5-7-8-9-10-11-12-13-14-15-20-24-34(42)38(46)33(29-40)39-37(45)25-21-17-16-19-23-31-32(36(44)28-35(31)43)27-26-30(41)22-18-6-4-2/h16,19,26-27,30-34,36,38,40-42,44,46H,3-15,17-18,20-25,28-29H2,1-2H3,(H,39,45)/b19-16-,27-26+/t30-,31+,32+,33-,34?,36+,38?/m0/s1. The molecule has 6 N–H and O–H groups in total. The van der Waals surface area contributed by atoms with E-state index >= 15 is 0 Å². The van der Waals surface area contributed by atoms with Crippen LogP contribution in [0.5, 0.6) is 0 Å². The molecular weight excluding hydrogens is 582 g/mol. The Labute approximate surface area is 280 Å². The van der Waals surface area contributed by atoms with Crippen molar-refractivity contribution in [3.05, 3.63) is 24.3 Å². The molecule has 0 bridgehead atoms. The van der Waals surface area contributed by atoms with Crippen LogP contribution in [0.1, 0.15) is 155 Å². The second kappa shape index (κ2) is 27.4. The van der Waals surface area contributed by atoms with Gasteiger partial charge in [-0.2, -0.15) is 0 Å². The summed E-state index contributed by atoms with van der Waals surface area (Å²) in [6.45, 7) is 3.90. The van der Waals surface area contributed by atoms with E-state index < -0.39 is 37.1 Å². The van der Waals surface area contributed by atoms with Crippen LogP contribution in [0.3, 0.4) is 0 Å². The van der Waals surface area contributed by atoms with Gasteiger partial charge in [-0.05, 0) is 32.1 Å². The molecule has 1 aliphatic carbocycles. The summed E-state index contributed by atoms with van der Waals surface area (Å²) in [6.07, 6.45) is 24.7. The number of ketones is 1. The Morgan fingerprint density at radius 1 is 0.826 bits per heavy atom. The summed E-state index contributed by atoms with van der Waals surface area (Å²) in [5, 5.41) is 53.9. The van der Waals surface area contributed by atoms with Gasteiger partial charge in [-0.25, -0.2) is 0 Å². The number of nitrogens with one attached hydrogen (secondary N) is 1. The van der Waals surface area contributed by atoms with E-state index in [1.165, 1.54) is 57.8 Å². The number of aliphatic hydroxyl groups is 5. The monoisotopic (exact) mass is 652 g/mol. The fraction of sp³-hybridized carbons (Fsp3) is 0.842. The number of rotatable bonds is 29. The van der Waals surface area contributed by atoms with Crippen LogP contribution in [0.15, 0.2) is 24.3 Å². The lowest BCUT2D eigenvalue weighted by Gasteiger charge is -2.26. The minimum Gasteiger partial charge on any atom is -0.394 e. The van der Waals surface area contributed by atoms with Crippen LogP contribution < -0.4 is 5.32 Å². The predicted octanol–water partition coefficient (Wildman–Crippen LogP) is 6.46. The first-order chi connectivity index (χ1) is 22.2. The molecule has 8 nitrogen and oxygen atoms in total. The van der Waals surface area contributed by atoms with Crippen molar-refractivity contribution < 1.29 is 35.1 Å². The number of allylic oxidation sites excluding steroid dienone is 2. The highest BCUT2D eigenvalue weighted by molar-refractivity contribution is 5.84. The number of amides is 1. The van der Waals surface area contributed by atoms with Crippen molar-refractivity contribution in [2.75, 3.05) is 6.61 Å². The van der Waals surface area contributed by atoms with E-state index in [0.29, 0.717) is 32.1 Å². The van der Waals surface area contributed by atoms with Crippen molar-refractivity contribution in [3.8, 4) is 0 Å². The Hall–Kier alpha value is -1.58. The Balaban J connectivity index is 2.25. The average Bonchev–Trinajstić information content (AvgIpc) is 3.31. The molecule has 0 aliphatic heterocycles. The zero-order valence-electron chi connectivity index (χ0n) is 29.2. The molecule has 268 valence electrons. The largest absolute Gasteiger partial charge is 0.394 e. The van der Waals surface area contributed by atoms with Crippen LogP contribution in [0.25, 0.3) is 0 Å². The minimum absolute atomic E-state index is 0.0289. The number of carbonyl (C=O) groups excluding carboxylic acids is 2. The highest BCUT2D eigenvalue weighted by Gasteiger charge is 2.39. The van der Waals surface area contributed by atoms with E-state index in [4.69, 9.17) is 0 Å². The number of hydrogen-bond donors (Lipinski definition) is 6. The van der Waals surface area contributed by atoms with Crippen LogP contribution in [0, 0.1) is 11.8 Å². The first-order valence-electron chi connectivity index (χ1n) is 18.7. The highest BCUT2D eigenvalue weighted by Crippen LogP contribution is 2.33. The zero-order chi connectivity index (χ0) is 34.0. The molecule has 1 rings (SSSR count). The van der Waals surface area contributed by atoms with Gasteiger partial charge in [0.15, 0.2) is 0 Å². The number of carbonyl (C=O) groups is 2. The van der Waals surface area contributed by atoms with Crippen molar-refractivity contribution in [2.24, 2.45) is 11.8 Å². The topological polar surface area (TPSA) is 147 Å². The van der Waals surface area contributed by atoms with Crippen molar-refractivity contribution >= 4 is 11.7 Å². The molecule has 7 atom stereocenters. The summed E-state index contributed by atoms with van der Waals surface area (Å²) in [4.78, 5) is 24.9. The third kappa shape index (κ3) is 19.3. The maximum atomic E-state index is 12.5. The van der Waals surface area contributed by atoms with Crippen LogP contribution >= 0.6 is 0 Å². The van der Waals surface area contributed by atoms with E-state index in [0.717, 1.165) is 38.5 Å². The van der Waals surface area contributed by atoms with Crippen LogP contribution in [0.4, 0.5) is 0 Å².